The van der Waals surface area contributed by atoms with E-state index in [0.29, 0.717) is 0 Å². The van der Waals surface area contributed by atoms with Gasteiger partial charge >= 0.3 is 0 Å². The van der Waals surface area contributed by atoms with Crippen molar-refractivity contribution in [2.45, 2.75) is 26.4 Å². The molecular formula is C12H16ClN3. The zero-order chi connectivity index (χ0) is 10.5. The number of rotatable bonds is 4. The molecule has 0 aliphatic heterocycles. The molecule has 0 saturated heterocycles. The third kappa shape index (κ3) is 3.35. The lowest BCUT2D eigenvalue weighted by Gasteiger charge is -1.96. The lowest BCUT2D eigenvalue weighted by Crippen LogP contribution is -3.00. The lowest BCUT2D eigenvalue weighted by molar-refractivity contribution is -0.689. The van der Waals surface area contributed by atoms with Crippen LogP contribution in [0.3, 0.4) is 0 Å². The average molecular weight is 238 g/mol. The zero-order valence-electron chi connectivity index (χ0n) is 9.38. The van der Waals surface area contributed by atoms with Gasteiger partial charge in [-0.05, 0) is 12.0 Å². The molecule has 0 aliphatic carbocycles. The Morgan fingerprint density at radius 1 is 1.25 bits per heavy atom. The zero-order valence-corrected chi connectivity index (χ0v) is 10.1. The second kappa shape index (κ2) is 6.28. The molecule has 86 valence electrons. The maximum Gasteiger partial charge on any atom is 0.265 e. The monoisotopic (exact) mass is 237 g/mol. The van der Waals surface area contributed by atoms with Gasteiger partial charge in [0, 0.05) is 5.10 Å². The number of aryl methyl sites for hydroxylation is 1. The van der Waals surface area contributed by atoms with E-state index >= 15 is 0 Å². The Bertz CT molecular complexity index is 411. The molecule has 0 bridgehead atoms. The number of benzene rings is 1. The summed E-state index contributed by atoms with van der Waals surface area (Å²) >= 11 is 0. The highest BCUT2D eigenvalue weighted by molar-refractivity contribution is 5.13. The Kier molecular flexibility index (Phi) is 4.99. The van der Waals surface area contributed by atoms with Crippen molar-refractivity contribution in [1.82, 2.24) is 9.78 Å². The third-order valence-corrected chi connectivity index (χ3v) is 2.29. The smallest absolute Gasteiger partial charge is 0.265 e. The van der Waals surface area contributed by atoms with Crippen molar-refractivity contribution in [3.8, 4) is 0 Å². The van der Waals surface area contributed by atoms with E-state index in [-0.39, 0.29) is 12.4 Å². The first kappa shape index (κ1) is 12.7. The van der Waals surface area contributed by atoms with Crippen LogP contribution >= 0.6 is 0 Å². The Balaban J connectivity index is 0.00000128. The second-order valence-corrected chi connectivity index (χ2v) is 3.67. The summed E-state index contributed by atoms with van der Waals surface area (Å²) in [7, 11) is 0. The highest BCUT2D eigenvalue weighted by Crippen LogP contribution is 1.96. The molecule has 0 aliphatic rings. The molecule has 0 atom stereocenters. The highest BCUT2D eigenvalue weighted by atomic mass is 35.5. The normalized spacial score (nSPS) is 9.81. The van der Waals surface area contributed by atoms with Gasteiger partial charge in [0.25, 0.3) is 6.33 Å². The van der Waals surface area contributed by atoms with E-state index in [1.54, 1.807) is 0 Å². The number of aromatic nitrogens is 3. The first-order valence-corrected chi connectivity index (χ1v) is 5.34. The van der Waals surface area contributed by atoms with Crippen LogP contribution in [0, 0.1) is 0 Å². The fourth-order valence-corrected chi connectivity index (χ4v) is 1.58. The van der Waals surface area contributed by atoms with Gasteiger partial charge in [-0.2, -0.15) is 0 Å². The molecule has 1 aromatic carbocycles. The molecule has 0 unspecified atom stereocenters. The molecule has 2 rings (SSSR count). The van der Waals surface area contributed by atoms with Crippen molar-refractivity contribution in [1.29, 1.82) is 0 Å². The van der Waals surface area contributed by atoms with Crippen LogP contribution in [0.15, 0.2) is 43.0 Å². The van der Waals surface area contributed by atoms with Crippen LogP contribution in [-0.2, 0) is 13.1 Å². The van der Waals surface area contributed by atoms with E-state index in [0.717, 1.165) is 19.5 Å². The Hall–Kier alpha value is -1.35. The van der Waals surface area contributed by atoms with Crippen molar-refractivity contribution in [2.75, 3.05) is 0 Å². The summed E-state index contributed by atoms with van der Waals surface area (Å²) in [5.41, 5.74) is 1.30. The SMILES string of the molecule is CCCn1c[n+](Cc2ccccc2)cn1.[Cl-]. The molecule has 1 heterocycles. The first-order valence-electron chi connectivity index (χ1n) is 5.34. The second-order valence-electron chi connectivity index (χ2n) is 3.67. The van der Waals surface area contributed by atoms with Gasteiger partial charge in [0.2, 0.25) is 6.33 Å². The number of halogens is 1. The topological polar surface area (TPSA) is 21.7 Å². The third-order valence-electron chi connectivity index (χ3n) is 2.29. The van der Waals surface area contributed by atoms with Gasteiger partial charge in [-0.25, -0.2) is 4.57 Å². The summed E-state index contributed by atoms with van der Waals surface area (Å²) in [5, 5.41) is 4.28. The Morgan fingerprint density at radius 2 is 2.00 bits per heavy atom. The number of hydrogen-bond donors (Lipinski definition) is 0. The summed E-state index contributed by atoms with van der Waals surface area (Å²) in [4.78, 5) is 0. The summed E-state index contributed by atoms with van der Waals surface area (Å²) in [5.74, 6) is 0. The summed E-state index contributed by atoms with van der Waals surface area (Å²) in [6, 6.07) is 10.4. The van der Waals surface area contributed by atoms with Crippen molar-refractivity contribution in [2.24, 2.45) is 0 Å². The van der Waals surface area contributed by atoms with Crippen LogP contribution < -0.4 is 17.0 Å². The molecule has 2 aromatic rings. The molecular weight excluding hydrogens is 222 g/mol. The molecule has 0 amide bonds. The van der Waals surface area contributed by atoms with E-state index < -0.39 is 0 Å². The maximum absolute atomic E-state index is 4.28. The van der Waals surface area contributed by atoms with Crippen molar-refractivity contribution in [3.05, 3.63) is 48.5 Å². The van der Waals surface area contributed by atoms with Crippen LogP contribution in [0.4, 0.5) is 0 Å². The van der Waals surface area contributed by atoms with Gasteiger partial charge in [-0.15, -0.1) is 4.68 Å². The Morgan fingerprint density at radius 3 is 2.69 bits per heavy atom. The molecule has 3 nitrogen and oxygen atoms in total. The standard InChI is InChI=1S/C12H16N3.ClH/c1-2-8-15-11-14(10-13-15)9-12-6-4-3-5-7-12;/h3-7,10-11H,2,8-9H2,1H3;1H/q+1;/p-1. The van der Waals surface area contributed by atoms with E-state index in [1.807, 2.05) is 17.1 Å². The summed E-state index contributed by atoms with van der Waals surface area (Å²) in [6.07, 6.45) is 5.05. The van der Waals surface area contributed by atoms with Crippen LogP contribution in [0.2, 0.25) is 0 Å². The first-order chi connectivity index (χ1) is 7.38. The summed E-state index contributed by atoms with van der Waals surface area (Å²) < 4.78 is 4.08. The molecule has 1 aromatic heterocycles. The van der Waals surface area contributed by atoms with Crippen LogP contribution in [0.1, 0.15) is 18.9 Å². The van der Waals surface area contributed by atoms with Crippen LogP contribution in [0.5, 0.6) is 0 Å². The molecule has 0 fully saturated rings. The molecule has 0 spiro atoms. The summed E-state index contributed by atoms with van der Waals surface area (Å²) in [6.45, 7) is 4.04. The quantitative estimate of drug-likeness (QED) is 0.602. The number of nitrogens with zero attached hydrogens (tertiary/aromatic N) is 3. The predicted octanol–water partition coefficient (Wildman–Crippen LogP) is -1.37. The van der Waals surface area contributed by atoms with Crippen molar-refractivity contribution < 1.29 is 17.0 Å². The van der Waals surface area contributed by atoms with Gasteiger partial charge in [-0.3, -0.25) is 0 Å². The van der Waals surface area contributed by atoms with E-state index in [1.165, 1.54) is 5.56 Å². The fourth-order valence-electron chi connectivity index (χ4n) is 1.58. The molecule has 0 N–H and O–H groups in total. The molecule has 0 saturated carbocycles. The predicted molar refractivity (Wildman–Crippen MR) is 58.3 cm³/mol. The van der Waals surface area contributed by atoms with Crippen molar-refractivity contribution in [3.63, 3.8) is 0 Å². The Labute approximate surface area is 102 Å². The number of hydrogen-bond acceptors (Lipinski definition) is 1. The van der Waals surface area contributed by atoms with Gasteiger partial charge in [-0.1, -0.05) is 37.3 Å². The molecule has 0 radical (unpaired) electrons. The lowest BCUT2D eigenvalue weighted by atomic mass is 10.2. The maximum atomic E-state index is 4.28. The fraction of sp³-hybridized carbons (Fsp3) is 0.333. The van der Waals surface area contributed by atoms with Gasteiger partial charge in [0.05, 0.1) is 6.54 Å². The van der Waals surface area contributed by atoms with E-state index in [2.05, 4.69) is 47.2 Å². The van der Waals surface area contributed by atoms with Crippen LogP contribution in [-0.4, -0.2) is 9.78 Å². The minimum atomic E-state index is 0. The largest absolute Gasteiger partial charge is 1.00 e. The molecule has 16 heavy (non-hydrogen) atoms. The highest BCUT2D eigenvalue weighted by Gasteiger charge is 2.04. The van der Waals surface area contributed by atoms with Gasteiger partial charge < -0.3 is 12.4 Å². The average Bonchev–Trinajstić information content (AvgIpc) is 2.68. The van der Waals surface area contributed by atoms with Crippen molar-refractivity contribution >= 4 is 0 Å². The van der Waals surface area contributed by atoms with Gasteiger partial charge in [0.15, 0.2) is 0 Å². The minimum absolute atomic E-state index is 0. The van der Waals surface area contributed by atoms with E-state index in [9.17, 15) is 0 Å². The van der Waals surface area contributed by atoms with Gasteiger partial charge in [0.1, 0.15) is 6.54 Å². The minimum Gasteiger partial charge on any atom is -1.00 e. The van der Waals surface area contributed by atoms with E-state index in [4.69, 9.17) is 0 Å². The molecule has 4 heteroatoms. The van der Waals surface area contributed by atoms with Crippen LogP contribution in [0.25, 0.3) is 0 Å².